The van der Waals surface area contributed by atoms with Crippen LogP contribution in [0.4, 0.5) is 0 Å². The van der Waals surface area contributed by atoms with Crippen LogP contribution >= 0.6 is 0 Å². The average Bonchev–Trinajstić information content (AvgIpc) is 3.18. The van der Waals surface area contributed by atoms with Gasteiger partial charge in [0.25, 0.3) is 0 Å². The fraction of sp³-hybridized carbons (Fsp3) is 0.263. The van der Waals surface area contributed by atoms with E-state index in [1.54, 1.807) is 18.2 Å². The van der Waals surface area contributed by atoms with Gasteiger partial charge in [-0.2, -0.15) is 5.26 Å². The molecule has 0 saturated heterocycles. The average molecular weight is 350 g/mol. The third-order valence-electron chi connectivity index (χ3n) is 3.69. The van der Waals surface area contributed by atoms with Crippen LogP contribution in [0.25, 0.3) is 11.0 Å². The Hall–Kier alpha value is -3.40. The maximum absolute atomic E-state index is 12.5. The van der Waals surface area contributed by atoms with Gasteiger partial charge in [0.2, 0.25) is 11.8 Å². The van der Waals surface area contributed by atoms with Crippen LogP contribution in [0.1, 0.15) is 30.7 Å². The molecule has 1 N–H and O–H groups in total. The summed E-state index contributed by atoms with van der Waals surface area (Å²) < 4.78 is 10.8. The van der Waals surface area contributed by atoms with Crippen molar-refractivity contribution in [1.82, 2.24) is 15.3 Å². The first-order valence-electron chi connectivity index (χ1n) is 8.32. The van der Waals surface area contributed by atoms with Crippen molar-refractivity contribution in [3.63, 3.8) is 0 Å². The minimum Gasteiger partial charge on any atom is -0.476 e. The number of hydrogen-bond donors (Lipinski definition) is 1. The van der Waals surface area contributed by atoms with Crippen LogP contribution in [0.5, 0.6) is 5.88 Å². The van der Waals surface area contributed by atoms with Gasteiger partial charge in [0, 0.05) is 0 Å². The summed E-state index contributed by atoms with van der Waals surface area (Å²) in [7, 11) is 0. The van der Waals surface area contributed by atoms with Gasteiger partial charge in [0.15, 0.2) is 5.92 Å². The zero-order chi connectivity index (χ0) is 18.4. The van der Waals surface area contributed by atoms with Gasteiger partial charge in [-0.05, 0) is 30.7 Å². The predicted octanol–water partition coefficient (Wildman–Crippen LogP) is 2.94. The van der Waals surface area contributed by atoms with Crippen LogP contribution in [0, 0.1) is 11.3 Å². The minimum atomic E-state index is -1.13. The molecule has 7 nitrogen and oxygen atoms in total. The van der Waals surface area contributed by atoms with E-state index in [1.165, 1.54) is 6.26 Å². The van der Waals surface area contributed by atoms with Crippen LogP contribution in [0.15, 0.2) is 47.1 Å². The number of nitriles is 1. The summed E-state index contributed by atoms with van der Waals surface area (Å²) in [5, 5.41) is 12.3. The van der Waals surface area contributed by atoms with Gasteiger partial charge in [-0.15, -0.1) is 0 Å². The Kier molecular flexibility index (Phi) is 5.44. The molecule has 0 spiro atoms. The van der Waals surface area contributed by atoms with Gasteiger partial charge >= 0.3 is 0 Å². The summed E-state index contributed by atoms with van der Waals surface area (Å²) in [4.78, 5) is 21.4. The molecule has 0 aliphatic carbocycles. The third-order valence-corrected chi connectivity index (χ3v) is 3.69. The number of furan rings is 1. The quantitative estimate of drug-likeness (QED) is 0.703. The van der Waals surface area contributed by atoms with Crippen LogP contribution in [-0.4, -0.2) is 22.5 Å². The van der Waals surface area contributed by atoms with E-state index in [2.05, 4.69) is 15.3 Å². The Morgan fingerprint density at radius 2 is 2.04 bits per heavy atom. The van der Waals surface area contributed by atoms with E-state index in [0.29, 0.717) is 23.4 Å². The molecule has 0 saturated carbocycles. The highest BCUT2D eigenvalue weighted by molar-refractivity contribution is 5.87. The lowest BCUT2D eigenvalue weighted by Gasteiger charge is -2.14. The van der Waals surface area contributed by atoms with Crippen molar-refractivity contribution in [3.05, 3.63) is 54.1 Å². The van der Waals surface area contributed by atoms with Gasteiger partial charge in [0.1, 0.15) is 11.5 Å². The molecular formula is C19H18N4O3. The van der Waals surface area contributed by atoms with Crippen molar-refractivity contribution in [2.45, 2.75) is 25.8 Å². The third kappa shape index (κ3) is 3.81. The number of benzene rings is 1. The second-order valence-corrected chi connectivity index (χ2v) is 5.61. The highest BCUT2D eigenvalue weighted by Gasteiger charge is 2.27. The SMILES string of the molecule is CCCOc1nc2ccccc2nc1[C@@H](C#N)C(=O)NCc1ccco1. The maximum Gasteiger partial charge on any atom is 0.244 e. The Balaban J connectivity index is 1.91. The first-order valence-corrected chi connectivity index (χ1v) is 8.32. The molecule has 0 aliphatic heterocycles. The maximum atomic E-state index is 12.5. The number of amides is 1. The predicted molar refractivity (Wildman–Crippen MR) is 94.2 cm³/mol. The van der Waals surface area contributed by atoms with Crippen molar-refractivity contribution in [1.29, 1.82) is 5.26 Å². The number of rotatable bonds is 7. The summed E-state index contributed by atoms with van der Waals surface area (Å²) in [5.41, 5.74) is 1.47. The second kappa shape index (κ2) is 8.12. The van der Waals surface area contributed by atoms with E-state index in [4.69, 9.17) is 9.15 Å². The Morgan fingerprint density at radius 1 is 1.27 bits per heavy atom. The standard InChI is InChI=1S/C19H18N4O3/c1-2-9-26-19-17(22-15-7-3-4-8-16(15)23-19)14(11-20)18(24)21-12-13-6-5-10-25-13/h3-8,10,14H,2,9,12H2,1H3,(H,21,24)/t14-/m1/s1. The molecule has 1 amide bonds. The van der Waals surface area contributed by atoms with Gasteiger partial charge in [-0.1, -0.05) is 19.1 Å². The Labute approximate surface area is 150 Å². The van der Waals surface area contributed by atoms with E-state index >= 15 is 0 Å². The van der Waals surface area contributed by atoms with E-state index < -0.39 is 11.8 Å². The first-order chi connectivity index (χ1) is 12.7. The van der Waals surface area contributed by atoms with Crippen LogP contribution in [0.3, 0.4) is 0 Å². The molecule has 0 bridgehead atoms. The summed E-state index contributed by atoms with van der Waals surface area (Å²) >= 11 is 0. The van der Waals surface area contributed by atoms with Crippen molar-refractivity contribution in [2.75, 3.05) is 6.61 Å². The number of nitrogens with one attached hydrogen (secondary N) is 1. The molecular weight excluding hydrogens is 332 g/mol. The molecule has 7 heteroatoms. The van der Waals surface area contributed by atoms with Gasteiger partial charge in [-0.25, -0.2) is 9.97 Å². The summed E-state index contributed by atoms with van der Waals surface area (Å²) in [6.45, 7) is 2.58. The molecule has 132 valence electrons. The summed E-state index contributed by atoms with van der Waals surface area (Å²) in [6, 6.07) is 12.7. The molecule has 26 heavy (non-hydrogen) atoms. The number of fused-ring (bicyclic) bond motifs is 1. The number of hydrogen-bond acceptors (Lipinski definition) is 6. The van der Waals surface area contributed by atoms with Crippen molar-refractivity contribution in [3.8, 4) is 11.9 Å². The number of carbonyl (C=O) groups excluding carboxylic acids is 1. The molecule has 0 radical (unpaired) electrons. The van der Waals surface area contributed by atoms with Gasteiger partial charge < -0.3 is 14.5 Å². The van der Waals surface area contributed by atoms with E-state index in [-0.39, 0.29) is 18.1 Å². The fourth-order valence-corrected chi connectivity index (χ4v) is 2.42. The smallest absolute Gasteiger partial charge is 0.244 e. The lowest BCUT2D eigenvalue weighted by atomic mass is 10.1. The largest absolute Gasteiger partial charge is 0.476 e. The monoisotopic (exact) mass is 350 g/mol. The zero-order valence-electron chi connectivity index (χ0n) is 14.3. The summed E-state index contributed by atoms with van der Waals surface area (Å²) in [6.07, 6.45) is 2.30. The highest BCUT2D eigenvalue weighted by Crippen LogP contribution is 2.26. The number of nitrogens with zero attached hydrogens (tertiary/aromatic N) is 3. The van der Waals surface area contributed by atoms with E-state index in [1.807, 2.05) is 31.2 Å². The van der Waals surface area contributed by atoms with Crippen LogP contribution in [-0.2, 0) is 11.3 Å². The number of para-hydroxylation sites is 2. The number of carbonyl (C=O) groups is 1. The molecule has 1 atom stereocenters. The second-order valence-electron chi connectivity index (χ2n) is 5.61. The van der Waals surface area contributed by atoms with Crippen molar-refractivity contribution in [2.24, 2.45) is 0 Å². The van der Waals surface area contributed by atoms with Crippen molar-refractivity contribution < 1.29 is 13.9 Å². The van der Waals surface area contributed by atoms with E-state index in [9.17, 15) is 10.1 Å². The van der Waals surface area contributed by atoms with E-state index in [0.717, 1.165) is 6.42 Å². The highest BCUT2D eigenvalue weighted by atomic mass is 16.5. The Bertz CT molecular complexity index is 932. The van der Waals surface area contributed by atoms with Gasteiger partial charge in [0.05, 0.1) is 36.5 Å². The molecule has 3 rings (SSSR count). The molecule has 2 aromatic heterocycles. The lowest BCUT2D eigenvalue weighted by Crippen LogP contribution is -2.29. The van der Waals surface area contributed by atoms with Gasteiger partial charge in [-0.3, -0.25) is 4.79 Å². The molecule has 1 aromatic carbocycles. The van der Waals surface area contributed by atoms with Crippen LogP contribution < -0.4 is 10.1 Å². The molecule has 0 fully saturated rings. The van der Waals surface area contributed by atoms with Crippen molar-refractivity contribution >= 4 is 16.9 Å². The Morgan fingerprint density at radius 3 is 2.69 bits per heavy atom. The van der Waals surface area contributed by atoms with Crippen LogP contribution in [0.2, 0.25) is 0 Å². The zero-order valence-corrected chi connectivity index (χ0v) is 14.3. The fourth-order valence-electron chi connectivity index (χ4n) is 2.42. The molecule has 2 heterocycles. The number of ether oxygens (including phenoxy) is 1. The molecule has 0 unspecified atom stereocenters. The summed E-state index contributed by atoms with van der Waals surface area (Å²) in [5.74, 6) is -0.795. The number of aromatic nitrogens is 2. The molecule has 0 aliphatic rings. The lowest BCUT2D eigenvalue weighted by molar-refractivity contribution is -0.121. The topological polar surface area (TPSA) is 101 Å². The molecule has 3 aromatic rings. The normalized spacial score (nSPS) is 11.7. The first kappa shape index (κ1) is 17.4. The minimum absolute atomic E-state index is 0.191.